The van der Waals surface area contributed by atoms with Gasteiger partial charge >= 0.3 is 0 Å². The van der Waals surface area contributed by atoms with E-state index in [1.54, 1.807) is 19.2 Å². The molecule has 1 amide bonds. The van der Waals surface area contributed by atoms with Crippen molar-refractivity contribution < 1.29 is 13.9 Å². The van der Waals surface area contributed by atoms with Crippen LogP contribution in [0, 0.1) is 5.82 Å². The molecule has 4 aromatic rings. The molecule has 35 heavy (non-hydrogen) atoms. The third-order valence-electron chi connectivity index (χ3n) is 4.71. The first-order valence-electron chi connectivity index (χ1n) is 10.5. The number of para-hydroxylation sites is 2. The number of methoxy groups -OCH3 is 1. The normalized spacial score (nSPS) is 10.5. The molecule has 0 aliphatic carbocycles. The minimum atomic E-state index is -0.302. The maximum Gasteiger partial charge on any atom is 0.236 e. The number of benzene rings is 3. The fraction of sp³-hybridized carbons (Fsp3) is 0.0800. The number of thiocarbonyl (C=S) groups is 1. The zero-order valence-electron chi connectivity index (χ0n) is 18.6. The van der Waals surface area contributed by atoms with Gasteiger partial charge in [0.1, 0.15) is 11.6 Å². The Bertz CT molecular complexity index is 1330. The monoisotopic (exact) mass is 524 g/mol. The molecule has 0 aliphatic heterocycles. The second-order valence-corrected chi connectivity index (χ2v) is 9.50. The molecule has 0 aliphatic rings. The second-order valence-electron chi connectivity index (χ2n) is 7.19. The molecule has 0 saturated heterocycles. The van der Waals surface area contributed by atoms with Gasteiger partial charge in [0.15, 0.2) is 10.2 Å². The number of carbonyl (C=O) groups excluding carboxylic acids is 1. The standard InChI is InChI=1S/C25H21FN4O2S3/c1-32-22-8-3-2-7-20(22)28-24(33)27-18-5-4-6-19(13-18)34-15-23(31)30-25-29-21(14-35-25)16-9-11-17(26)12-10-16/h2-14H,15H2,1H3,(H2,27,28,33)(H,29,30,31). The summed E-state index contributed by atoms with van der Waals surface area (Å²) in [4.78, 5) is 17.8. The summed E-state index contributed by atoms with van der Waals surface area (Å²) in [6.07, 6.45) is 0. The van der Waals surface area contributed by atoms with Crippen molar-refractivity contribution in [2.75, 3.05) is 28.8 Å². The van der Waals surface area contributed by atoms with Crippen LogP contribution in [0.3, 0.4) is 0 Å². The van der Waals surface area contributed by atoms with E-state index in [9.17, 15) is 9.18 Å². The Kier molecular flexibility index (Phi) is 8.30. The summed E-state index contributed by atoms with van der Waals surface area (Å²) >= 11 is 8.15. The van der Waals surface area contributed by atoms with Crippen LogP contribution < -0.4 is 20.7 Å². The SMILES string of the molecule is COc1ccccc1NC(=S)Nc1cccc(SCC(=O)Nc2nc(-c3ccc(F)cc3)cs2)c1. The lowest BCUT2D eigenvalue weighted by Crippen LogP contribution is -2.19. The highest BCUT2D eigenvalue weighted by atomic mass is 32.2. The molecular weight excluding hydrogens is 504 g/mol. The number of carbonyl (C=O) groups is 1. The quantitative estimate of drug-likeness (QED) is 0.179. The van der Waals surface area contributed by atoms with Gasteiger partial charge in [-0.2, -0.15) is 0 Å². The van der Waals surface area contributed by atoms with Gasteiger partial charge in [0.2, 0.25) is 5.91 Å². The average molecular weight is 525 g/mol. The van der Waals surface area contributed by atoms with Crippen molar-refractivity contribution in [1.29, 1.82) is 0 Å². The van der Waals surface area contributed by atoms with Gasteiger partial charge in [0.25, 0.3) is 0 Å². The predicted octanol–water partition coefficient (Wildman–Crippen LogP) is 6.50. The number of anilines is 3. The summed E-state index contributed by atoms with van der Waals surface area (Å²) in [7, 11) is 1.60. The molecule has 10 heteroatoms. The van der Waals surface area contributed by atoms with Gasteiger partial charge in [-0.05, 0) is 66.8 Å². The third kappa shape index (κ3) is 7.01. The van der Waals surface area contributed by atoms with Crippen LogP contribution in [0.1, 0.15) is 0 Å². The second kappa shape index (κ2) is 11.8. The molecule has 0 fully saturated rings. The molecular formula is C25H21FN4O2S3. The molecule has 0 unspecified atom stereocenters. The summed E-state index contributed by atoms with van der Waals surface area (Å²) in [6, 6.07) is 21.2. The molecule has 3 N–H and O–H groups in total. The molecule has 4 rings (SSSR count). The molecule has 0 bridgehead atoms. The maximum absolute atomic E-state index is 13.1. The number of thioether (sulfide) groups is 1. The van der Waals surface area contributed by atoms with E-state index in [0.29, 0.717) is 21.7 Å². The van der Waals surface area contributed by atoms with Crippen molar-refractivity contribution in [2.45, 2.75) is 4.90 Å². The molecule has 0 saturated carbocycles. The summed E-state index contributed by atoms with van der Waals surface area (Å²) < 4.78 is 18.4. The molecule has 0 atom stereocenters. The van der Waals surface area contributed by atoms with Crippen LogP contribution in [-0.4, -0.2) is 28.9 Å². The third-order valence-corrected chi connectivity index (χ3v) is 6.66. The first-order chi connectivity index (χ1) is 17.0. The Labute approximate surface area is 215 Å². The number of halogens is 1. The Hall–Kier alpha value is -3.47. The maximum atomic E-state index is 13.1. The summed E-state index contributed by atoms with van der Waals surface area (Å²) in [5.41, 5.74) is 3.04. The Morgan fingerprint density at radius 2 is 1.86 bits per heavy atom. The van der Waals surface area contributed by atoms with Crippen LogP contribution >= 0.6 is 35.3 Å². The fourth-order valence-corrected chi connectivity index (χ4v) is 4.80. The van der Waals surface area contributed by atoms with E-state index in [-0.39, 0.29) is 17.5 Å². The number of nitrogens with zero attached hydrogens (tertiary/aromatic N) is 1. The fourth-order valence-electron chi connectivity index (χ4n) is 3.08. The average Bonchev–Trinajstić information content (AvgIpc) is 3.32. The van der Waals surface area contributed by atoms with Gasteiger partial charge in [-0.25, -0.2) is 9.37 Å². The van der Waals surface area contributed by atoms with E-state index in [4.69, 9.17) is 17.0 Å². The molecule has 3 aromatic carbocycles. The van der Waals surface area contributed by atoms with E-state index in [0.717, 1.165) is 21.8 Å². The zero-order valence-corrected chi connectivity index (χ0v) is 21.0. The molecule has 6 nitrogen and oxygen atoms in total. The van der Waals surface area contributed by atoms with Crippen molar-refractivity contribution in [3.63, 3.8) is 0 Å². The van der Waals surface area contributed by atoms with Crippen LogP contribution in [0.4, 0.5) is 20.9 Å². The van der Waals surface area contributed by atoms with Gasteiger partial charge in [0, 0.05) is 21.5 Å². The van der Waals surface area contributed by atoms with Crippen molar-refractivity contribution in [3.8, 4) is 17.0 Å². The van der Waals surface area contributed by atoms with Gasteiger partial charge in [-0.3, -0.25) is 4.79 Å². The number of rotatable bonds is 8. The van der Waals surface area contributed by atoms with E-state index >= 15 is 0 Å². The molecule has 1 heterocycles. The first kappa shape index (κ1) is 24.6. The smallest absolute Gasteiger partial charge is 0.236 e. The van der Waals surface area contributed by atoms with Crippen molar-refractivity contribution in [1.82, 2.24) is 4.98 Å². The van der Waals surface area contributed by atoms with Crippen LogP contribution in [0.2, 0.25) is 0 Å². The van der Waals surface area contributed by atoms with Gasteiger partial charge in [-0.1, -0.05) is 18.2 Å². The Balaban J connectivity index is 1.29. The minimum absolute atomic E-state index is 0.165. The largest absolute Gasteiger partial charge is 0.495 e. The van der Waals surface area contributed by atoms with Crippen molar-refractivity contribution in [3.05, 3.63) is 84.0 Å². The number of aromatic nitrogens is 1. The molecule has 1 aromatic heterocycles. The van der Waals surface area contributed by atoms with Crippen molar-refractivity contribution >= 4 is 62.8 Å². The number of nitrogens with one attached hydrogen (secondary N) is 3. The summed E-state index contributed by atoms with van der Waals surface area (Å²) in [5.74, 6) is 0.445. The predicted molar refractivity (Wildman–Crippen MR) is 146 cm³/mol. The van der Waals surface area contributed by atoms with E-state index in [1.165, 1.54) is 35.2 Å². The van der Waals surface area contributed by atoms with Gasteiger partial charge < -0.3 is 20.7 Å². The zero-order chi connectivity index (χ0) is 24.6. The Morgan fingerprint density at radius 3 is 2.66 bits per heavy atom. The summed E-state index contributed by atoms with van der Waals surface area (Å²) in [6.45, 7) is 0. The highest BCUT2D eigenvalue weighted by molar-refractivity contribution is 8.00. The van der Waals surface area contributed by atoms with Crippen LogP contribution in [0.5, 0.6) is 5.75 Å². The van der Waals surface area contributed by atoms with Crippen LogP contribution in [-0.2, 0) is 4.79 Å². The van der Waals surface area contributed by atoms with Gasteiger partial charge in [-0.15, -0.1) is 23.1 Å². The number of thiazole rings is 1. The number of amides is 1. The molecule has 0 spiro atoms. The molecule has 178 valence electrons. The Morgan fingerprint density at radius 1 is 1.06 bits per heavy atom. The number of hydrogen-bond donors (Lipinski definition) is 3. The number of ether oxygens (including phenoxy) is 1. The summed E-state index contributed by atoms with van der Waals surface area (Å²) in [5, 5.41) is 11.8. The van der Waals surface area contributed by atoms with Gasteiger partial charge in [0.05, 0.1) is 24.2 Å². The lowest BCUT2D eigenvalue weighted by atomic mass is 10.2. The van der Waals surface area contributed by atoms with E-state index < -0.39 is 0 Å². The first-order valence-corrected chi connectivity index (χ1v) is 12.7. The minimum Gasteiger partial charge on any atom is -0.495 e. The number of hydrogen-bond acceptors (Lipinski definition) is 6. The highest BCUT2D eigenvalue weighted by Crippen LogP contribution is 2.27. The van der Waals surface area contributed by atoms with Crippen molar-refractivity contribution in [2.24, 2.45) is 0 Å². The van der Waals surface area contributed by atoms with E-state index in [1.807, 2.05) is 53.9 Å². The van der Waals surface area contributed by atoms with Crippen LogP contribution in [0.25, 0.3) is 11.3 Å². The highest BCUT2D eigenvalue weighted by Gasteiger charge is 2.10. The lowest BCUT2D eigenvalue weighted by molar-refractivity contribution is -0.113. The topological polar surface area (TPSA) is 75.3 Å². The molecule has 0 radical (unpaired) electrons. The van der Waals surface area contributed by atoms with E-state index in [2.05, 4.69) is 20.9 Å². The van der Waals surface area contributed by atoms with Crippen LogP contribution in [0.15, 0.2) is 83.1 Å². The lowest BCUT2D eigenvalue weighted by Gasteiger charge is -2.13.